The summed E-state index contributed by atoms with van der Waals surface area (Å²) in [5.41, 5.74) is 1.23. The van der Waals surface area contributed by atoms with Gasteiger partial charge in [-0.3, -0.25) is 0 Å². The molecule has 1 aromatic heterocycles. The lowest BCUT2D eigenvalue weighted by molar-refractivity contribution is 0.289. The number of aliphatic hydroxyl groups excluding tert-OH is 1. The highest BCUT2D eigenvalue weighted by atomic mass is 16.3. The van der Waals surface area contributed by atoms with Crippen LogP contribution in [0, 0.1) is 0 Å². The van der Waals surface area contributed by atoms with Crippen molar-refractivity contribution in [2.24, 2.45) is 0 Å². The molecule has 1 unspecified atom stereocenters. The molecule has 0 aromatic carbocycles. The molecule has 0 fully saturated rings. The Kier molecular flexibility index (Phi) is 7.45. The van der Waals surface area contributed by atoms with Gasteiger partial charge in [0.05, 0.1) is 0 Å². The topological polar surface area (TPSA) is 48.4 Å². The van der Waals surface area contributed by atoms with Crippen LogP contribution in [0.25, 0.3) is 0 Å². The third-order valence-electron chi connectivity index (χ3n) is 3.25. The van der Waals surface area contributed by atoms with E-state index in [4.69, 9.17) is 5.11 Å². The van der Waals surface area contributed by atoms with Gasteiger partial charge in [0, 0.05) is 37.5 Å². The van der Waals surface area contributed by atoms with Crippen LogP contribution in [0.1, 0.15) is 45.2 Å². The molecule has 0 bridgehead atoms. The van der Waals surface area contributed by atoms with Gasteiger partial charge in [0.1, 0.15) is 5.82 Å². The third kappa shape index (κ3) is 4.80. The zero-order chi connectivity index (χ0) is 14.1. The van der Waals surface area contributed by atoms with E-state index in [2.05, 4.69) is 42.0 Å². The first-order chi connectivity index (χ1) is 9.24. The van der Waals surface area contributed by atoms with E-state index in [9.17, 15) is 0 Å². The lowest BCUT2D eigenvalue weighted by atomic mass is 10.1. The van der Waals surface area contributed by atoms with Crippen molar-refractivity contribution in [3.8, 4) is 0 Å². The Hall–Kier alpha value is -1.13. The highest BCUT2D eigenvalue weighted by Gasteiger charge is 2.15. The minimum absolute atomic E-state index is 0.225. The number of nitrogens with one attached hydrogen (secondary N) is 1. The number of pyridine rings is 1. The Bertz CT molecular complexity index is 357. The zero-order valence-corrected chi connectivity index (χ0v) is 12.4. The number of hydrogen-bond acceptors (Lipinski definition) is 4. The molecule has 0 spiro atoms. The van der Waals surface area contributed by atoms with Crippen LogP contribution in [0.4, 0.5) is 5.82 Å². The molecule has 0 amide bonds. The van der Waals surface area contributed by atoms with Gasteiger partial charge in [0.2, 0.25) is 0 Å². The molecule has 19 heavy (non-hydrogen) atoms. The molecule has 0 aliphatic heterocycles. The maximum atomic E-state index is 8.99. The first-order valence-corrected chi connectivity index (χ1v) is 7.28. The summed E-state index contributed by atoms with van der Waals surface area (Å²) in [4.78, 5) is 6.77. The number of nitrogens with zero attached hydrogens (tertiary/aromatic N) is 2. The van der Waals surface area contributed by atoms with E-state index >= 15 is 0 Å². The van der Waals surface area contributed by atoms with Gasteiger partial charge >= 0.3 is 0 Å². The Balaban J connectivity index is 2.86. The fourth-order valence-corrected chi connectivity index (χ4v) is 2.16. The Morgan fingerprint density at radius 1 is 1.42 bits per heavy atom. The van der Waals surface area contributed by atoms with Gasteiger partial charge in [0.15, 0.2) is 0 Å². The van der Waals surface area contributed by atoms with Crippen LogP contribution in [-0.4, -0.2) is 36.3 Å². The highest BCUT2D eigenvalue weighted by molar-refractivity contribution is 5.48. The van der Waals surface area contributed by atoms with E-state index in [1.807, 2.05) is 12.3 Å². The fourth-order valence-electron chi connectivity index (χ4n) is 2.16. The average Bonchev–Trinajstić information content (AvgIpc) is 2.46. The lowest BCUT2D eigenvalue weighted by Gasteiger charge is -2.26. The summed E-state index contributed by atoms with van der Waals surface area (Å²) >= 11 is 0. The SMILES string of the molecule is CCCNC(C)c1cccnc1N(CC)CCCO. The van der Waals surface area contributed by atoms with E-state index in [0.29, 0.717) is 6.04 Å². The molecule has 1 aromatic rings. The summed E-state index contributed by atoms with van der Waals surface area (Å²) in [7, 11) is 0. The van der Waals surface area contributed by atoms with Gasteiger partial charge in [-0.2, -0.15) is 0 Å². The largest absolute Gasteiger partial charge is 0.396 e. The van der Waals surface area contributed by atoms with E-state index in [-0.39, 0.29) is 6.61 Å². The lowest BCUT2D eigenvalue weighted by Crippen LogP contribution is -2.29. The monoisotopic (exact) mass is 265 g/mol. The van der Waals surface area contributed by atoms with Crippen molar-refractivity contribution in [1.82, 2.24) is 10.3 Å². The summed E-state index contributed by atoms with van der Waals surface area (Å²) < 4.78 is 0. The van der Waals surface area contributed by atoms with Crippen LogP contribution in [-0.2, 0) is 0 Å². The van der Waals surface area contributed by atoms with Crippen LogP contribution in [0.3, 0.4) is 0 Å². The van der Waals surface area contributed by atoms with Crippen LogP contribution in [0.15, 0.2) is 18.3 Å². The summed E-state index contributed by atoms with van der Waals surface area (Å²) in [6, 6.07) is 4.42. The number of aromatic nitrogens is 1. The van der Waals surface area contributed by atoms with E-state index < -0.39 is 0 Å². The predicted molar refractivity (Wildman–Crippen MR) is 80.5 cm³/mol. The molecule has 0 saturated carbocycles. The standard InChI is InChI=1S/C15H27N3O/c1-4-9-16-13(3)14-8-6-10-17-15(14)18(5-2)11-7-12-19/h6,8,10,13,16,19H,4-5,7,9,11-12H2,1-3H3. The van der Waals surface area contributed by atoms with Crippen molar-refractivity contribution in [3.05, 3.63) is 23.9 Å². The average molecular weight is 265 g/mol. The fraction of sp³-hybridized carbons (Fsp3) is 0.667. The first-order valence-electron chi connectivity index (χ1n) is 7.28. The molecule has 0 saturated heterocycles. The first kappa shape index (κ1) is 15.9. The second kappa shape index (κ2) is 8.88. The summed E-state index contributed by atoms with van der Waals surface area (Å²) in [6.07, 6.45) is 3.75. The molecular weight excluding hydrogens is 238 g/mol. The van der Waals surface area contributed by atoms with Crippen LogP contribution >= 0.6 is 0 Å². The molecular formula is C15H27N3O. The summed E-state index contributed by atoms with van der Waals surface area (Å²) in [5.74, 6) is 1.04. The summed E-state index contributed by atoms with van der Waals surface area (Å²) in [5, 5.41) is 12.5. The second-order valence-electron chi connectivity index (χ2n) is 4.75. The Morgan fingerprint density at radius 3 is 2.84 bits per heavy atom. The number of rotatable bonds is 9. The van der Waals surface area contributed by atoms with Crippen molar-refractivity contribution in [1.29, 1.82) is 0 Å². The van der Waals surface area contributed by atoms with Crippen LogP contribution in [0.5, 0.6) is 0 Å². The highest BCUT2D eigenvalue weighted by Crippen LogP contribution is 2.23. The molecule has 1 atom stereocenters. The van der Waals surface area contributed by atoms with Gasteiger partial charge < -0.3 is 15.3 Å². The minimum Gasteiger partial charge on any atom is -0.396 e. The molecule has 1 rings (SSSR count). The van der Waals surface area contributed by atoms with E-state index in [1.54, 1.807) is 0 Å². The molecule has 2 N–H and O–H groups in total. The van der Waals surface area contributed by atoms with Crippen LogP contribution < -0.4 is 10.2 Å². The number of aliphatic hydroxyl groups is 1. The molecule has 0 radical (unpaired) electrons. The molecule has 0 aliphatic rings. The van der Waals surface area contributed by atoms with Gasteiger partial charge in [-0.05, 0) is 39.3 Å². The van der Waals surface area contributed by atoms with Crippen LogP contribution in [0.2, 0.25) is 0 Å². The summed E-state index contributed by atoms with van der Waals surface area (Å²) in [6.45, 7) is 9.46. The Labute approximate surface area is 116 Å². The van der Waals surface area contributed by atoms with Crippen molar-refractivity contribution in [2.75, 3.05) is 31.1 Å². The van der Waals surface area contributed by atoms with Crippen molar-refractivity contribution >= 4 is 5.82 Å². The molecule has 4 nitrogen and oxygen atoms in total. The molecule has 108 valence electrons. The molecule has 0 aliphatic carbocycles. The normalized spacial score (nSPS) is 12.4. The van der Waals surface area contributed by atoms with Gasteiger partial charge in [-0.1, -0.05) is 13.0 Å². The predicted octanol–water partition coefficient (Wildman–Crippen LogP) is 2.35. The maximum Gasteiger partial charge on any atom is 0.133 e. The maximum absolute atomic E-state index is 8.99. The molecule has 4 heteroatoms. The van der Waals surface area contributed by atoms with Crippen molar-refractivity contribution < 1.29 is 5.11 Å². The van der Waals surface area contributed by atoms with Crippen molar-refractivity contribution in [3.63, 3.8) is 0 Å². The smallest absolute Gasteiger partial charge is 0.133 e. The second-order valence-corrected chi connectivity index (χ2v) is 4.75. The number of hydrogen-bond donors (Lipinski definition) is 2. The molecule has 1 heterocycles. The quantitative estimate of drug-likeness (QED) is 0.719. The third-order valence-corrected chi connectivity index (χ3v) is 3.25. The Morgan fingerprint density at radius 2 is 2.21 bits per heavy atom. The van der Waals surface area contributed by atoms with Gasteiger partial charge in [-0.25, -0.2) is 4.98 Å². The zero-order valence-electron chi connectivity index (χ0n) is 12.4. The van der Waals surface area contributed by atoms with E-state index in [1.165, 1.54) is 5.56 Å². The van der Waals surface area contributed by atoms with Gasteiger partial charge in [-0.15, -0.1) is 0 Å². The van der Waals surface area contributed by atoms with Crippen molar-refractivity contribution in [2.45, 2.75) is 39.7 Å². The van der Waals surface area contributed by atoms with E-state index in [0.717, 1.165) is 38.3 Å². The minimum atomic E-state index is 0.225. The van der Waals surface area contributed by atoms with Gasteiger partial charge in [0.25, 0.3) is 0 Å². The number of anilines is 1.